The molecular weight excluding hydrogens is 372 g/mol. The molecule has 29 heavy (non-hydrogen) atoms. The molecule has 0 fully saturated rings. The summed E-state index contributed by atoms with van der Waals surface area (Å²) in [6.45, 7) is 2.30. The molecular formula is C21H23N4O4+. The second-order valence-electron chi connectivity index (χ2n) is 6.68. The van der Waals surface area contributed by atoms with E-state index in [1.54, 1.807) is 35.1 Å². The van der Waals surface area contributed by atoms with E-state index in [0.717, 1.165) is 6.42 Å². The number of nitrogens with zero attached hydrogens (tertiary/aromatic N) is 2. The van der Waals surface area contributed by atoms with Crippen molar-refractivity contribution in [3.63, 3.8) is 0 Å². The third-order valence-corrected chi connectivity index (χ3v) is 4.47. The summed E-state index contributed by atoms with van der Waals surface area (Å²) < 4.78 is 6.83. The van der Waals surface area contributed by atoms with Gasteiger partial charge in [0, 0.05) is 19.9 Å². The maximum atomic E-state index is 12.1. The number of hydrogen-bond donors (Lipinski definition) is 3. The van der Waals surface area contributed by atoms with Crippen LogP contribution in [0.2, 0.25) is 0 Å². The molecule has 8 heteroatoms. The molecule has 3 aromatic rings. The monoisotopic (exact) mass is 395 g/mol. The van der Waals surface area contributed by atoms with Gasteiger partial charge in [0.2, 0.25) is 5.27 Å². The van der Waals surface area contributed by atoms with Gasteiger partial charge in [-0.15, -0.1) is 0 Å². The number of carboxylic acids is 1. The second-order valence-corrected chi connectivity index (χ2v) is 6.68. The zero-order chi connectivity index (χ0) is 20.6. The highest BCUT2D eigenvalue weighted by Gasteiger charge is 2.21. The number of anilines is 1. The Hall–Kier alpha value is -3.68. The number of amides is 2. The Bertz CT molecular complexity index is 972. The molecule has 150 valence electrons. The van der Waals surface area contributed by atoms with E-state index < -0.39 is 12.0 Å². The molecule has 2 aromatic carbocycles. The number of rotatable bonds is 8. The highest BCUT2D eigenvalue weighted by atomic mass is 16.5. The number of hydrogen-bond acceptors (Lipinski definition) is 4. The zero-order valence-electron chi connectivity index (χ0n) is 16.0. The third-order valence-electron chi connectivity index (χ3n) is 4.47. The van der Waals surface area contributed by atoms with Gasteiger partial charge in [0.15, 0.2) is 6.04 Å². The first kappa shape index (κ1) is 20.1. The Balaban J connectivity index is 1.48. The topological polar surface area (TPSA) is 108 Å². The first-order chi connectivity index (χ1) is 14.0. The summed E-state index contributed by atoms with van der Waals surface area (Å²) in [5.74, 6) is -0.755. The second kappa shape index (κ2) is 9.50. The van der Waals surface area contributed by atoms with Crippen LogP contribution >= 0.6 is 0 Å². The lowest BCUT2D eigenvalue weighted by atomic mass is 10.0. The molecule has 0 aliphatic carbocycles. The predicted molar refractivity (Wildman–Crippen MR) is 106 cm³/mol. The molecule has 8 nitrogen and oxygen atoms in total. The van der Waals surface area contributed by atoms with E-state index in [1.165, 1.54) is 5.56 Å². The first-order valence-corrected chi connectivity index (χ1v) is 9.31. The van der Waals surface area contributed by atoms with Crippen LogP contribution in [0.25, 0.3) is 0 Å². The molecule has 1 heterocycles. The number of carboxylic acid groups (broad SMARTS) is 1. The van der Waals surface area contributed by atoms with Crippen LogP contribution in [0.4, 0.5) is 10.7 Å². The molecule has 0 spiro atoms. The first-order valence-electron chi connectivity index (χ1n) is 9.31. The number of aromatic nitrogens is 2. The Morgan fingerprint density at radius 2 is 1.86 bits per heavy atom. The highest BCUT2D eigenvalue weighted by Crippen LogP contribution is 2.10. The van der Waals surface area contributed by atoms with Crippen LogP contribution in [0.5, 0.6) is 0 Å². The number of aromatic carboxylic acids is 1. The molecule has 0 saturated carbocycles. The summed E-state index contributed by atoms with van der Waals surface area (Å²) in [7, 11) is 0. The summed E-state index contributed by atoms with van der Waals surface area (Å²) in [6, 6.07) is 16.4. The van der Waals surface area contributed by atoms with E-state index >= 15 is 0 Å². The van der Waals surface area contributed by atoms with Crippen molar-refractivity contribution in [2.24, 2.45) is 0 Å². The summed E-state index contributed by atoms with van der Waals surface area (Å²) >= 11 is 0. The standard InChI is InChI=1S/C21H22N4O4/c1-15(13-16-7-3-2-4-8-16)25-14-19(29-24-25)23-21(28)22-12-11-17-9-5-6-10-18(17)20(26)27/h2-10,14-15H,11-13H2,1H3,(H2-,22,23,24,26,27,28)/p+1. The summed E-state index contributed by atoms with van der Waals surface area (Å²) in [6.07, 6.45) is 2.82. The van der Waals surface area contributed by atoms with Gasteiger partial charge in [0.25, 0.3) is 6.20 Å². The Labute approximate surface area is 168 Å². The normalized spacial score (nSPS) is 11.6. The fraction of sp³-hybridized carbons (Fsp3) is 0.238. The van der Waals surface area contributed by atoms with E-state index in [2.05, 4.69) is 15.9 Å². The Morgan fingerprint density at radius 3 is 2.62 bits per heavy atom. The van der Waals surface area contributed by atoms with Crippen molar-refractivity contribution < 1.29 is 23.9 Å². The Morgan fingerprint density at radius 1 is 1.14 bits per heavy atom. The molecule has 0 aliphatic rings. The largest absolute Gasteiger partial charge is 0.478 e. The highest BCUT2D eigenvalue weighted by molar-refractivity contribution is 5.89. The third kappa shape index (κ3) is 5.65. The van der Waals surface area contributed by atoms with Gasteiger partial charge in [-0.25, -0.2) is 9.59 Å². The van der Waals surface area contributed by atoms with Crippen molar-refractivity contribution >= 4 is 17.9 Å². The molecule has 0 saturated heterocycles. The molecule has 0 aliphatic heterocycles. The number of benzene rings is 2. The smallest absolute Gasteiger partial charge is 0.335 e. The molecule has 0 radical (unpaired) electrons. The minimum atomic E-state index is -0.985. The van der Waals surface area contributed by atoms with Crippen LogP contribution in [-0.2, 0) is 12.8 Å². The quantitative estimate of drug-likeness (QED) is 0.508. The van der Waals surface area contributed by atoms with Crippen LogP contribution in [0.1, 0.15) is 34.5 Å². The van der Waals surface area contributed by atoms with Crippen molar-refractivity contribution in [2.45, 2.75) is 25.8 Å². The number of urea groups is 1. The van der Waals surface area contributed by atoms with Crippen molar-refractivity contribution in [3.05, 3.63) is 77.5 Å². The minimum absolute atomic E-state index is 0.0623. The van der Waals surface area contributed by atoms with Gasteiger partial charge >= 0.3 is 17.9 Å². The maximum absolute atomic E-state index is 12.1. The van der Waals surface area contributed by atoms with Gasteiger partial charge in [-0.05, 0) is 28.3 Å². The van der Waals surface area contributed by atoms with E-state index in [4.69, 9.17) is 4.52 Å². The van der Waals surface area contributed by atoms with Crippen LogP contribution < -0.4 is 15.3 Å². The summed E-state index contributed by atoms with van der Waals surface area (Å²) in [4.78, 5) is 23.3. The molecule has 3 rings (SSSR count). The summed E-state index contributed by atoms with van der Waals surface area (Å²) in [5.41, 5.74) is 2.08. The number of nitrogens with one attached hydrogen (secondary N) is 2. The van der Waals surface area contributed by atoms with Crippen LogP contribution in [-0.4, -0.2) is 28.9 Å². The van der Waals surface area contributed by atoms with Gasteiger partial charge in [-0.3, -0.25) is 9.84 Å². The van der Waals surface area contributed by atoms with Crippen LogP contribution in [0, 0.1) is 0 Å². The lowest BCUT2D eigenvalue weighted by Gasteiger charge is -2.07. The fourth-order valence-corrected chi connectivity index (χ4v) is 2.98. The van der Waals surface area contributed by atoms with E-state index in [0.29, 0.717) is 12.0 Å². The molecule has 3 N–H and O–H groups in total. The van der Waals surface area contributed by atoms with Crippen molar-refractivity contribution in [1.29, 1.82) is 0 Å². The Kier molecular flexibility index (Phi) is 6.57. The summed E-state index contributed by atoms with van der Waals surface area (Å²) in [5, 5.41) is 18.4. The van der Waals surface area contributed by atoms with E-state index in [-0.39, 0.29) is 24.0 Å². The lowest BCUT2D eigenvalue weighted by molar-refractivity contribution is -0.782. The molecule has 1 unspecified atom stereocenters. The van der Waals surface area contributed by atoms with Crippen LogP contribution in [0.15, 0.2) is 65.3 Å². The SMILES string of the molecule is CC(Cc1ccccc1)[n+]1cc(NC(=O)NCCc2ccccc2C(=O)O)on1. The predicted octanol–water partition coefficient (Wildman–Crippen LogP) is 2.83. The van der Waals surface area contributed by atoms with Crippen molar-refractivity contribution in [1.82, 2.24) is 10.6 Å². The van der Waals surface area contributed by atoms with Gasteiger partial charge in [0.1, 0.15) is 0 Å². The van der Waals surface area contributed by atoms with Gasteiger partial charge in [0.05, 0.1) is 5.56 Å². The molecule has 2 amide bonds. The van der Waals surface area contributed by atoms with Gasteiger partial charge < -0.3 is 10.4 Å². The molecule has 0 bridgehead atoms. The average molecular weight is 395 g/mol. The van der Waals surface area contributed by atoms with E-state index in [9.17, 15) is 14.7 Å². The van der Waals surface area contributed by atoms with Gasteiger partial charge in [-0.1, -0.05) is 48.5 Å². The fourth-order valence-electron chi connectivity index (χ4n) is 2.98. The number of carbonyl (C=O) groups excluding carboxylic acids is 1. The number of carbonyl (C=O) groups is 2. The van der Waals surface area contributed by atoms with Crippen molar-refractivity contribution in [3.8, 4) is 0 Å². The average Bonchev–Trinajstić information content (AvgIpc) is 3.17. The molecule has 1 atom stereocenters. The maximum Gasteiger partial charge on any atom is 0.335 e. The molecule has 1 aromatic heterocycles. The minimum Gasteiger partial charge on any atom is -0.478 e. The van der Waals surface area contributed by atoms with Gasteiger partial charge in [-0.2, -0.15) is 0 Å². The lowest BCUT2D eigenvalue weighted by Crippen LogP contribution is -2.40. The van der Waals surface area contributed by atoms with Crippen molar-refractivity contribution in [2.75, 3.05) is 11.9 Å². The zero-order valence-corrected chi connectivity index (χ0v) is 16.0. The van der Waals surface area contributed by atoms with Crippen LogP contribution in [0.3, 0.4) is 0 Å². The van der Waals surface area contributed by atoms with E-state index in [1.807, 2.05) is 37.3 Å².